The molecule has 84 valence electrons. The molecular formula is C12H14N2O2. The second kappa shape index (κ2) is 4.79. The Labute approximate surface area is 94.2 Å². The van der Waals surface area contributed by atoms with E-state index in [0.29, 0.717) is 6.54 Å². The van der Waals surface area contributed by atoms with E-state index in [1.165, 1.54) is 0 Å². The number of amides is 2. The van der Waals surface area contributed by atoms with Gasteiger partial charge in [-0.3, -0.25) is 9.59 Å². The van der Waals surface area contributed by atoms with Crippen LogP contribution in [0, 0.1) is 0 Å². The van der Waals surface area contributed by atoms with Gasteiger partial charge in [-0.1, -0.05) is 18.2 Å². The number of hydrogen-bond acceptors (Lipinski definition) is 2. The van der Waals surface area contributed by atoms with Crippen molar-refractivity contribution in [2.24, 2.45) is 0 Å². The van der Waals surface area contributed by atoms with Gasteiger partial charge in [0.15, 0.2) is 0 Å². The minimum absolute atomic E-state index is 0.101. The first-order valence-corrected chi connectivity index (χ1v) is 5.38. The van der Waals surface area contributed by atoms with Crippen LogP contribution in [0.15, 0.2) is 30.3 Å². The molecule has 1 fully saturated rings. The van der Waals surface area contributed by atoms with Crippen LogP contribution in [0.2, 0.25) is 0 Å². The van der Waals surface area contributed by atoms with Crippen molar-refractivity contribution >= 4 is 18.0 Å². The molecule has 1 heterocycles. The van der Waals surface area contributed by atoms with Gasteiger partial charge in [0, 0.05) is 12.2 Å². The number of nitrogens with one attached hydrogen (secondary N) is 1. The summed E-state index contributed by atoms with van der Waals surface area (Å²) in [5, 5.41) is 2.81. The van der Waals surface area contributed by atoms with E-state index in [9.17, 15) is 9.59 Å². The smallest absolute Gasteiger partial charge is 0.247 e. The van der Waals surface area contributed by atoms with Crippen LogP contribution in [0.1, 0.15) is 12.8 Å². The molecule has 4 nitrogen and oxygen atoms in total. The summed E-state index contributed by atoms with van der Waals surface area (Å²) >= 11 is 0. The minimum atomic E-state index is -0.308. The molecule has 4 heteroatoms. The largest absolute Gasteiger partial charge is 0.333 e. The Balaban J connectivity index is 2.00. The number of anilines is 1. The zero-order valence-electron chi connectivity index (χ0n) is 8.93. The second-order valence-electron chi connectivity index (χ2n) is 3.86. The lowest BCUT2D eigenvalue weighted by Crippen LogP contribution is -2.38. The lowest BCUT2D eigenvalue weighted by molar-refractivity contribution is -0.127. The molecule has 0 bridgehead atoms. The lowest BCUT2D eigenvalue weighted by Gasteiger charge is -2.18. The van der Waals surface area contributed by atoms with Crippen molar-refractivity contribution < 1.29 is 9.59 Å². The van der Waals surface area contributed by atoms with Crippen molar-refractivity contribution in [2.75, 3.05) is 11.9 Å². The molecule has 0 aliphatic carbocycles. The molecule has 1 atom stereocenters. The average molecular weight is 218 g/mol. The summed E-state index contributed by atoms with van der Waals surface area (Å²) < 4.78 is 0. The Hall–Kier alpha value is -1.84. The Morgan fingerprint density at radius 3 is 2.81 bits per heavy atom. The SMILES string of the molecule is O=CN1CCCC1C(=O)Nc1ccccc1. The zero-order valence-corrected chi connectivity index (χ0v) is 8.93. The van der Waals surface area contributed by atoms with Crippen LogP contribution in [0.5, 0.6) is 0 Å². The molecule has 1 N–H and O–H groups in total. The van der Waals surface area contributed by atoms with Gasteiger partial charge in [0.1, 0.15) is 6.04 Å². The first-order valence-electron chi connectivity index (χ1n) is 5.38. The van der Waals surface area contributed by atoms with Crippen LogP contribution >= 0.6 is 0 Å². The van der Waals surface area contributed by atoms with Gasteiger partial charge in [0.05, 0.1) is 0 Å². The minimum Gasteiger partial charge on any atom is -0.333 e. The Morgan fingerprint density at radius 2 is 2.12 bits per heavy atom. The third-order valence-corrected chi connectivity index (χ3v) is 2.77. The molecule has 1 aromatic carbocycles. The van der Waals surface area contributed by atoms with Gasteiger partial charge >= 0.3 is 0 Å². The van der Waals surface area contributed by atoms with Crippen LogP contribution in [0.3, 0.4) is 0 Å². The van der Waals surface area contributed by atoms with Crippen LogP contribution in [-0.2, 0) is 9.59 Å². The van der Waals surface area contributed by atoms with Crippen molar-refractivity contribution in [1.82, 2.24) is 4.90 Å². The summed E-state index contributed by atoms with van der Waals surface area (Å²) in [7, 11) is 0. The van der Waals surface area contributed by atoms with E-state index in [2.05, 4.69) is 5.32 Å². The number of hydrogen-bond donors (Lipinski definition) is 1. The van der Waals surface area contributed by atoms with Gasteiger partial charge in [-0.15, -0.1) is 0 Å². The van der Waals surface area contributed by atoms with E-state index in [0.717, 1.165) is 24.9 Å². The van der Waals surface area contributed by atoms with E-state index >= 15 is 0 Å². The van der Waals surface area contributed by atoms with Gasteiger partial charge in [-0.2, -0.15) is 0 Å². The van der Waals surface area contributed by atoms with Gasteiger partial charge < -0.3 is 10.2 Å². The lowest BCUT2D eigenvalue weighted by atomic mass is 10.2. The predicted molar refractivity (Wildman–Crippen MR) is 60.9 cm³/mol. The van der Waals surface area contributed by atoms with E-state index in [-0.39, 0.29) is 11.9 Å². The zero-order chi connectivity index (χ0) is 11.4. The molecule has 1 aliphatic rings. The molecule has 2 rings (SSSR count). The van der Waals surface area contributed by atoms with E-state index < -0.39 is 0 Å². The van der Waals surface area contributed by atoms with E-state index in [4.69, 9.17) is 0 Å². The normalized spacial score (nSPS) is 19.5. The summed E-state index contributed by atoms with van der Waals surface area (Å²) in [4.78, 5) is 24.1. The Kier molecular flexibility index (Phi) is 3.19. The van der Waals surface area contributed by atoms with Crippen molar-refractivity contribution in [3.05, 3.63) is 30.3 Å². The summed E-state index contributed by atoms with van der Waals surface area (Å²) in [6.45, 7) is 0.677. The third-order valence-electron chi connectivity index (χ3n) is 2.77. The van der Waals surface area contributed by atoms with Gasteiger partial charge in [-0.05, 0) is 25.0 Å². The molecule has 0 aromatic heterocycles. The number of carbonyl (C=O) groups excluding carboxylic acids is 2. The summed E-state index contributed by atoms with van der Waals surface area (Å²) in [6, 6.07) is 8.97. The molecule has 1 saturated heterocycles. The highest BCUT2D eigenvalue weighted by molar-refractivity contribution is 5.96. The maximum atomic E-state index is 11.9. The van der Waals surface area contributed by atoms with Crippen molar-refractivity contribution in [1.29, 1.82) is 0 Å². The molecule has 2 amide bonds. The van der Waals surface area contributed by atoms with Crippen molar-refractivity contribution in [3.8, 4) is 0 Å². The van der Waals surface area contributed by atoms with Gasteiger partial charge in [0.25, 0.3) is 0 Å². The molecule has 1 aliphatic heterocycles. The topological polar surface area (TPSA) is 49.4 Å². The first kappa shape index (κ1) is 10.7. The first-order chi connectivity index (χ1) is 7.81. The molecule has 1 unspecified atom stereocenters. The summed E-state index contributed by atoms with van der Waals surface area (Å²) in [5.74, 6) is -0.101. The number of nitrogens with zero attached hydrogens (tertiary/aromatic N) is 1. The number of benzene rings is 1. The van der Waals surface area contributed by atoms with Crippen LogP contribution in [-0.4, -0.2) is 29.8 Å². The number of para-hydroxylation sites is 1. The fraction of sp³-hybridized carbons (Fsp3) is 0.333. The number of rotatable bonds is 3. The summed E-state index contributed by atoms with van der Waals surface area (Å²) in [5.41, 5.74) is 0.769. The van der Waals surface area contributed by atoms with Gasteiger partial charge in [-0.25, -0.2) is 0 Å². The Bertz CT molecular complexity index is 378. The van der Waals surface area contributed by atoms with Gasteiger partial charge in [0.2, 0.25) is 12.3 Å². The maximum absolute atomic E-state index is 11.9. The van der Waals surface area contributed by atoms with Crippen LogP contribution < -0.4 is 5.32 Å². The highest BCUT2D eigenvalue weighted by Crippen LogP contribution is 2.17. The highest BCUT2D eigenvalue weighted by Gasteiger charge is 2.29. The number of carbonyl (C=O) groups is 2. The molecule has 16 heavy (non-hydrogen) atoms. The molecule has 0 spiro atoms. The highest BCUT2D eigenvalue weighted by atomic mass is 16.2. The van der Waals surface area contributed by atoms with Crippen LogP contribution in [0.25, 0.3) is 0 Å². The maximum Gasteiger partial charge on any atom is 0.247 e. The quantitative estimate of drug-likeness (QED) is 0.776. The predicted octanol–water partition coefficient (Wildman–Crippen LogP) is 1.25. The van der Waals surface area contributed by atoms with Crippen LogP contribution in [0.4, 0.5) is 5.69 Å². The molecule has 0 saturated carbocycles. The molecular weight excluding hydrogens is 204 g/mol. The van der Waals surface area contributed by atoms with Crippen molar-refractivity contribution in [2.45, 2.75) is 18.9 Å². The monoisotopic (exact) mass is 218 g/mol. The fourth-order valence-electron chi connectivity index (χ4n) is 1.94. The average Bonchev–Trinajstić information content (AvgIpc) is 2.78. The number of likely N-dealkylation sites (tertiary alicyclic amines) is 1. The van der Waals surface area contributed by atoms with Crippen molar-refractivity contribution in [3.63, 3.8) is 0 Å². The molecule has 1 aromatic rings. The standard InChI is InChI=1S/C12H14N2O2/c15-9-14-8-4-7-11(14)12(16)13-10-5-2-1-3-6-10/h1-3,5-6,9,11H,4,7-8H2,(H,13,16). The fourth-order valence-corrected chi connectivity index (χ4v) is 1.94. The summed E-state index contributed by atoms with van der Waals surface area (Å²) in [6.07, 6.45) is 2.39. The third kappa shape index (κ3) is 2.21. The Morgan fingerprint density at radius 1 is 1.38 bits per heavy atom. The van der Waals surface area contributed by atoms with E-state index in [1.807, 2.05) is 30.3 Å². The second-order valence-corrected chi connectivity index (χ2v) is 3.86. The van der Waals surface area contributed by atoms with E-state index in [1.54, 1.807) is 4.90 Å². The molecule has 0 radical (unpaired) electrons.